The summed E-state index contributed by atoms with van der Waals surface area (Å²) in [4.78, 5) is 12.3. The quantitative estimate of drug-likeness (QED) is 0.866. The molecule has 0 saturated heterocycles. The van der Waals surface area contributed by atoms with Gasteiger partial charge in [-0.05, 0) is 55.9 Å². The molecule has 104 valence electrons. The van der Waals surface area contributed by atoms with Crippen LogP contribution in [0.5, 0.6) is 0 Å². The van der Waals surface area contributed by atoms with Gasteiger partial charge in [-0.25, -0.2) is 0 Å². The molecule has 1 amide bonds. The van der Waals surface area contributed by atoms with E-state index in [0.717, 1.165) is 44.3 Å². The van der Waals surface area contributed by atoms with Crippen LogP contribution in [0.4, 0.5) is 5.69 Å². The predicted molar refractivity (Wildman–Crippen MR) is 77.5 cm³/mol. The smallest absolute Gasteiger partial charge is 0.251 e. The molecule has 0 spiro atoms. The van der Waals surface area contributed by atoms with Crippen LogP contribution in [0.25, 0.3) is 0 Å². The molecule has 2 N–H and O–H groups in total. The summed E-state index contributed by atoms with van der Waals surface area (Å²) < 4.78 is 0. The molecule has 1 fully saturated rings. The van der Waals surface area contributed by atoms with Crippen molar-refractivity contribution in [3.8, 4) is 6.07 Å². The fourth-order valence-corrected chi connectivity index (χ4v) is 3.16. The van der Waals surface area contributed by atoms with E-state index in [1.807, 2.05) is 18.2 Å². The molecule has 1 heterocycles. The van der Waals surface area contributed by atoms with Crippen LogP contribution in [0.2, 0.25) is 0 Å². The minimum absolute atomic E-state index is 0.0154. The number of nitrogens with zero attached hydrogens (tertiary/aromatic N) is 1. The molecule has 2 aliphatic rings. The first kappa shape index (κ1) is 13.0. The van der Waals surface area contributed by atoms with Gasteiger partial charge in [-0.2, -0.15) is 5.26 Å². The van der Waals surface area contributed by atoms with E-state index in [1.165, 1.54) is 5.56 Å². The van der Waals surface area contributed by atoms with E-state index in [-0.39, 0.29) is 17.9 Å². The largest absolute Gasteiger partial charge is 0.385 e. The first-order chi connectivity index (χ1) is 9.78. The number of amides is 1. The van der Waals surface area contributed by atoms with Crippen molar-refractivity contribution >= 4 is 11.6 Å². The van der Waals surface area contributed by atoms with Crippen molar-refractivity contribution in [3.63, 3.8) is 0 Å². The van der Waals surface area contributed by atoms with Crippen molar-refractivity contribution in [1.82, 2.24) is 5.32 Å². The van der Waals surface area contributed by atoms with Crippen LogP contribution in [-0.2, 0) is 6.42 Å². The van der Waals surface area contributed by atoms with Gasteiger partial charge in [0.15, 0.2) is 0 Å². The van der Waals surface area contributed by atoms with Gasteiger partial charge in [0.05, 0.1) is 12.0 Å². The average molecular weight is 269 g/mol. The fraction of sp³-hybridized carbons (Fsp3) is 0.500. The minimum atomic E-state index is -0.0504. The zero-order valence-corrected chi connectivity index (χ0v) is 11.5. The van der Waals surface area contributed by atoms with Gasteiger partial charge in [0, 0.05) is 23.8 Å². The SMILES string of the molecule is N#CC1CCCC1NC(=O)c1ccc2c(c1)CCCN2. The van der Waals surface area contributed by atoms with Gasteiger partial charge in [-0.15, -0.1) is 0 Å². The predicted octanol–water partition coefficient (Wildman–Crippen LogP) is 2.47. The van der Waals surface area contributed by atoms with E-state index < -0.39 is 0 Å². The number of hydrogen-bond acceptors (Lipinski definition) is 3. The maximum absolute atomic E-state index is 12.3. The maximum Gasteiger partial charge on any atom is 0.251 e. The maximum atomic E-state index is 12.3. The van der Waals surface area contributed by atoms with Crippen LogP contribution >= 0.6 is 0 Å². The number of carbonyl (C=O) groups is 1. The highest BCUT2D eigenvalue weighted by Crippen LogP contribution is 2.26. The summed E-state index contributed by atoms with van der Waals surface area (Å²) in [7, 11) is 0. The molecule has 0 radical (unpaired) electrons. The highest BCUT2D eigenvalue weighted by Gasteiger charge is 2.28. The lowest BCUT2D eigenvalue weighted by atomic mass is 10.00. The first-order valence-corrected chi connectivity index (χ1v) is 7.35. The van der Waals surface area contributed by atoms with Crippen molar-refractivity contribution in [3.05, 3.63) is 29.3 Å². The van der Waals surface area contributed by atoms with Crippen LogP contribution in [0.1, 0.15) is 41.6 Å². The van der Waals surface area contributed by atoms with E-state index in [4.69, 9.17) is 5.26 Å². The summed E-state index contributed by atoms with van der Waals surface area (Å²) in [6.07, 6.45) is 4.97. The molecule has 4 nitrogen and oxygen atoms in total. The van der Waals surface area contributed by atoms with Crippen molar-refractivity contribution in [2.45, 2.75) is 38.1 Å². The van der Waals surface area contributed by atoms with Gasteiger partial charge in [0.1, 0.15) is 0 Å². The molecule has 1 aliphatic heterocycles. The summed E-state index contributed by atoms with van der Waals surface area (Å²) in [5.74, 6) is -0.0798. The number of aryl methyl sites for hydroxylation is 1. The standard InChI is InChI=1S/C16H19N3O/c17-10-13-3-1-5-15(13)19-16(20)12-6-7-14-11(9-12)4-2-8-18-14/h6-7,9,13,15,18H,1-5,8H2,(H,19,20). The number of benzene rings is 1. The summed E-state index contributed by atoms with van der Waals surface area (Å²) >= 11 is 0. The molecular formula is C16H19N3O. The Kier molecular flexibility index (Phi) is 3.60. The number of anilines is 1. The number of nitriles is 1. The summed E-state index contributed by atoms with van der Waals surface area (Å²) in [5.41, 5.74) is 3.06. The normalized spacial score (nSPS) is 24.4. The zero-order valence-electron chi connectivity index (χ0n) is 11.5. The third-order valence-corrected chi connectivity index (χ3v) is 4.30. The molecule has 1 aromatic rings. The first-order valence-electron chi connectivity index (χ1n) is 7.35. The van der Waals surface area contributed by atoms with Gasteiger partial charge in [0.25, 0.3) is 5.91 Å². The van der Waals surface area contributed by atoms with Crippen LogP contribution in [-0.4, -0.2) is 18.5 Å². The number of nitrogens with one attached hydrogen (secondary N) is 2. The zero-order chi connectivity index (χ0) is 13.9. The van der Waals surface area contributed by atoms with E-state index in [0.29, 0.717) is 5.56 Å². The average Bonchev–Trinajstić information content (AvgIpc) is 2.94. The third-order valence-electron chi connectivity index (χ3n) is 4.30. The Bertz CT molecular complexity index is 561. The fourth-order valence-electron chi connectivity index (χ4n) is 3.16. The Balaban J connectivity index is 1.73. The van der Waals surface area contributed by atoms with Crippen LogP contribution in [0.3, 0.4) is 0 Å². The molecule has 1 aromatic carbocycles. The molecule has 0 aromatic heterocycles. The van der Waals surface area contributed by atoms with Gasteiger partial charge in [-0.3, -0.25) is 4.79 Å². The molecule has 1 aliphatic carbocycles. The Morgan fingerprint density at radius 3 is 3.10 bits per heavy atom. The van der Waals surface area contributed by atoms with Gasteiger partial charge < -0.3 is 10.6 Å². The highest BCUT2D eigenvalue weighted by atomic mass is 16.1. The molecule has 2 atom stereocenters. The number of hydrogen-bond donors (Lipinski definition) is 2. The molecule has 0 bridgehead atoms. The van der Waals surface area contributed by atoms with E-state index in [1.54, 1.807) is 0 Å². The van der Waals surface area contributed by atoms with E-state index in [9.17, 15) is 4.79 Å². The Morgan fingerprint density at radius 2 is 2.25 bits per heavy atom. The van der Waals surface area contributed by atoms with Crippen molar-refractivity contribution < 1.29 is 4.79 Å². The summed E-state index contributed by atoms with van der Waals surface area (Å²) in [6, 6.07) is 8.14. The number of fused-ring (bicyclic) bond motifs is 1. The van der Waals surface area contributed by atoms with Crippen LogP contribution in [0.15, 0.2) is 18.2 Å². The Labute approximate surface area is 119 Å². The molecule has 20 heavy (non-hydrogen) atoms. The number of carbonyl (C=O) groups excluding carboxylic acids is 1. The summed E-state index contributed by atoms with van der Waals surface area (Å²) in [5, 5.41) is 15.4. The molecule has 3 rings (SSSR count). The number of rotatable bonds is 2. The Hall–Kier alpha value is -2.02. The monoisotopic (exact) mass is 269 g/mol. The minimum Gasteiger partial charge on any atom is -0.385 e. The Morgan fingerprint density at radius 1 is 1.35 bits per heavy atom. The van der Waals surface area contributed by atoms with E-state index in [2.05, 4.69) is 16.7 Å². The van der Waals surface area contributed by atoms with Crippen molar-refractivity contribution in [1.29, 1.82) is 5.26 Å². The van der Waals surface area contributed by atoms with Crippen molar-refractivity contribution in [2.75, 3.05) is 11.9 Å². The lowest BCUT2D eigenvalue weighted by molar-refractivity contribution is 0.0933. The second-order valence-electron chi connectivity index (χ2n) is 5.65. The third kappa shape index (κ3) is 2.49. The molecule has 4 heteroatoms. The molecular weight excluding hydrogens is 250 g/mol. The van der Waals surface area contributed by atoms with E-state index >= 15 is 0 Å². The van der Waals surface area contributed by atoms with Gasteiger partial charge >= 0.3 is 0 Å². The topological polar surface area (TPSA) is 64.9 Å². The van der Waals surface area contributed by atoms with Crippen LogP contribution < -0.4 is 10.6 Å². The molecule has 1 saturated carbocycles. The summed E-state index contributed by atoms with van der Waals surface area (Å²) in [6.45, 7) is 1.00. The lowest BCUT2D eigenvalue weighted by Crippen LogP contribution is -2.37. The highest BCUT2D eigenvalue weighted by molar-refractivity contribution is 5.95. The second kappa shape index (κ2) is 5.54. The second-order valence-corrected chi connectivity index (χ2v) is 5.65. The van der Waals surface area contributed by atoms with Crippen molar-refractivity contribution in [2.24, 2.45) is 5.92 Å². The lowest BCUT2D eigenvalue weighted by Gasteiger charge is -2.20. The van der Waals surface area contributed by atoms with Gasteiger partial charge in [0.2, 0.25) is 0 Å². The molecule has 2 unspecified atom stereocenters. The van der Waals surface area contributed by atoms with Crippen LogP contribution in [0, 0.1) is 17.2 Å². The van der Waals surface area contributed by atoms with Gasteiger partial charge in [-0.1, -0.05) is 0 Å².